The topological polar surface area (TPSA) is 33.1 Å². The summed E-state index contributed by atoms with van der Waals surface area (Å²) in [4.78, 5) is 3.99. The van der Waals surface area contributed by atoms with Crippen molar-refractivity contribution in [2.24, 2.45) is 0 Å². The first-order valence-electron chi connectivity index (χ1n) is 2.85. The smallest absolute Gasteiger partial charge is 0.0696 e. The Bertz CT molecular complexity index is 185. The van der Waals surface area contributed by atoms with Crippen LogP contribution in [0.25, 0.3) is 0 Å². The molecular formula is C7H10ClNO. The van der Waals surface area contributed by atoms with Crippen molar-refractivity contribution in [3.63, 3.8) is 0 Å². The van der Waals surface area contributed by atoms with Crippen molar-refractivity contribution in [1.82, 2.24) is 4.98 Å². The van der Waals surface area contributed by atoms with Gasteiger partial charge in [-0.25, -0.2) is 0 Å². The molecule has 0 saturated carbocycles. The van der Waals surface area contributed by atoms with E-state index in [1.807, 2.05) is 19.1 Å². The Morgan fingerprint density at radius 3 is 2.60 bits per heavy atom. The Hall–Kier alpha value is -0.600. The van der Waals surface area contributed by atoms with E-state index in [-0.39, 0.29) is 19.0 Å². The zero-order valence-corrected chi connectivity index (χ0v) is 6.56. The van der Waals surface area contributed by atoms with E-state index in [0.29, 0.717) is 0 Å². The molecule has 1 aromatic heterocycles. The molecule has 1 aromatic rings. The van der Waals surface area contributed by atoms with Gasteiger partial charge in [-0.05, 0) is 18.6 Å². The zero-order chi connectivity index (χ0) is 6.69. The number of nitrogens with zero attached hydrogens (tertiary/aromatic N) is 1. The molecule has 0 bridgehead atoms. The van der Waals surface area contributed by atoms with Gasteiger partial charge in [-0.3, -0.25) is 4.98 Å². The molecule has 0 radical (unpaired) electrons. The van der Waals surface area contributed by atoms with E-state index in [2.05, 4.69) is 4.98 Å². The third-order valence-corrected chi connectivity index (χ3v) is 1.16. The molecule has 1 rings (SSSR count). The summed E-state index contributed by atoms with van der Waals surface area (Å²) in [6, 6.07) is 3.74. The fourth-order valence-corrected chi connectivity index (χ4v) is 0.592. The molecule has 2 nitrogen and oxygen atoms in total. The standard InChI is InChI=1S/C7H9NO.ClH/c1-6-2-3-7(5-9)4-8-6;/h2-4,9H,5H2,1H3;1H. The van der Waals surface area contributed by atoms with Crippen molar-refractivity contribution < 1.29 is 5.11 Å². The lowest BCUT2D eigenvalue weighted by Gasteiger charge is -1.93. The summed E-state index contributed by atoms with van der Waals surface area (Å²) in [7, 11) is 0. The number of hydrogen-bond donors (Lipinski definition) is 1. The van der Waals surface area contributed by atoms with Gasteiger partial charge in [0.15, 0.2) is 0 Å². The summed E-state index contributed by atoms with van der Waals surface area (Å²) >= 11 is 0. The minimum absolute atomic E-state index is 0. The maximum atomic E-state index is 8.59. The van der Waals surface area contributed by atoms with Crippen LogP contribution in [-0.4, -0.2) is 10.1 Å². The number of aryl methyl sites for hydroxylation is 1. The van der Waals surface area contributed by atoms with Crippen molar-refractivity contribution in [3.8, 4) is 0 Å². The third kappa shape index (κ3) is 2.33. The minimum Gasteiger partial charge on any atom is -0.392 e. The van der Waals surface area contributed by atoms with E-state index >= 15 is 0 Å². The maximum Gasteiger partial charge on any atom is 0.0696 e. The first kappa shape index (κ1) is 9.40. The van der Waals surface area contributed by atoms with E-state index in [0.717, 1.165) is 11.3 Å². The van der Waals surface area contributed by atoms with Crippen molar-refractivity contribution >= 4 is 12.4 Å². The second-order valence-corrected chi connectivity index (χ2v) is 1.97. The van der Waals surface area contributed by atoms with Gasteiger partial charge in [-0.1, -0.05) is 6.07 Å². The fraction of sp³-hybridized carbons (Fsp3) is 0.286. The van der Waals surface area contributed by atoms with Gasteiger partial charge in [0.05, 0.1) is 6.61 Å². The lowest BCUT2D eigenvalue weighted by molar-refractivity contribution is 0.281. The number of aliphatic hydroxyl groups excluding tert-OH is 1. The van der Waals surface area contributed by atoms with Crippen LogP contribution in [0.2, 0.25) is 0 Å². The van der Waals surface area contributed by atoms with E-state index < -0.39 is 0 Å². The molecule has 0 aliphatic heterocycles. The first-order chi connectivity index (χ1) is 4.33. The molecule has 0 fully saturated rings. The Kier molecular flexibility index (Phi) is 4.00. The van der Waals surface area contributed by atoms with Crippen LogP contribution in [0.3, 0.4) is 0 Å². The predicted octanol–water partition coefficient (Wildman–Crippen LogP) is 1.30. The zero-order valence-electron chi connectivity index (χ0n) is 5.74. The highest BCUT2D eigenvalue weighted by Gasteiger charge is 1.87. The van der Waals surface area contributed by atoms with Crippen LogP contribution >= 0.6 is 12.4 Å². The fourth-order valence-electron chi connectivity index (χ4n) is 0.592. The maximum absolute atomic E-state index is 8.59. The molecule has 0 atom stereocenters. The van der Waals surface area contributed by atoms with Crippen LogP contribution in [-0.2, 0) is 6.61 Å². The van der Waals surface area contributed by atoms with E-state index in [1.165, 1.54) is 0 Å². The van der Waals surface area contributed by atoms with Gasteiger partial charge in [0.25, 0.3) is 0 Å². The number of aliphatic hydroxyl groups is 1. The van der Waals surface area contributed by atoms with Gasteiger partial charge < -0.3 is 5.11 Å². The molecule has 0 spiro atoms. The normalized spacial score (nSPS) is 8.60. The van der Waals surface area contributed by atoms with E-state index in [1.54, 1.807) is 6.20 Å². The molecule has 0 unspecified atom stereocenters. The quantitative estimate of drug-likeness (QED) is 0.670. The minimum atomic E-state index is 0. The second-order valence-electron chi connectivity index (χ2n) is 1.97. The summed E-state index contributed by atoms with van der Waals surface area (Å²) in [5.74, 6) is 0. The molecule has 1 heterocycles. The Labute approximate surface area is 66.3 Å². The van der Waals surface area contributed by atoms with Crippen LogP contribution in [0.4, 0.5) is 0 Å². The summed E-state index contributed by atoms with van der Waals surface area (Å²) < 4.78 is 0. The third-order valence-electron chi connectivity index (χ3n) is 1.16. The molecule has 0 aliphatic carbocycles. The molecule has 3 heteroatoms. The SMILES string of the molecule is Cc1ccc(CO)cn1.Cl. The summed E-state index contributed by atoms with van der Waals surface area (Å²) in [6.45, 7) is 1.99. The predicted molar refractivity (Wildman–Crippen MR) is 42.1 cm³/mol. The van der Waals surface area contributed by atoms with E-state index in [9.17, 15) is 0 Å². The van der Waals surface area contributed by atoms with Gasteiger partial charge in [-0.2, -0.15) is 0 Å². The lowest BCUT2D eigenvalue weighted by Crippen LogP contribution is -1.85. The highest BCUT2D eigenvalue weighted by atomic mass is 35.5. The number of aromatic nitrogens is 1. The summed E-state index contributed by atoms with van der Waals surface area (Å²) in [5, 5.41) is 8.59. The van der Waals surface area contributed by atoms with Crippen molar-refractivity contribution in [3.05, 3.63) is 29.6 Å². The molecule has 0 aromatic carbocycles. The lowest BCUT2D eigenvalue weighted by atomic mass is 10.3. The van der Waals surface area contributed by atoms with Gasteiger partial charge in [0, 0.05) is 11.9 Å². The number of hydrogen-bond acceptors (Lipinski definition) is 2. The number of rotatable bonds is 1. The number of pyridine rings is 1. The first-order valence-corrected chi connectivity index (χ1v) is 2.85. The molecule has 0 amide bonds. The van der Waals surface area contributed by atoms with Gasteiger partial charge in [0.1, 0.15) is 0 Å². The largest absolute Gasteiger partial charge is 0.392 e. The van der Waals surface area contributed by atoms with Crippen LogP contribution in [0.15, 0.2) is 18.3 Å². The molecule has 0 saturated heterocycles. The molecule has 0 aliphatic rings. The Morgan fingerprint density at radius 2 is 2.20 bits per heavy atom. The highest BCUT2D eigenvalue weighted by Crippen LogP contribution is 1.97. The summed E-state index contributed by atoms with van der Waals surface area (Å²) in [6.07, 6.45) is 1.68. The highest BCUT2D eigenvalue weighted by molar-refractivity contribution is 5.85. The van der Waals surface area contributed by atoms with Gasteiger partial charge >= 0.3 is 0 Å². The van der Waals surface area contributed by atoms with Crippen LogP contribution in [0, 0.1) is 6.92 Å². The van der Waals surface area contributed by atoms with Gasteiger partial charge in [0.2, 0.25) is 0 Å². The molecular weight excluding hydrogens is 150 g/mol. The molecule has 10 heavy (non-hydrogen) atoms. The van der Waals surface area contributed by atoms with Crippen molar-refractivity contribution in [2.45, 2.75) is 13.5 Å². The van der Waals surface area contributed by atoms with Crippen LogP contribution < -0.4 is 0 Å². The van der Waals surface area contributed by atoms with Crippen LogP contribution in [0.1, 0.15) is 11.3 Å². The van der Waals surface area contributed by atoms with Crippen molar-refractivity contribution in [2.75, 3.05) is 0 Å². The average Bonchev–Trinajstić information content (AvgIpc) is 1.90. The number of halogens is 1. The second kappa shape index (κ2) is 4.25. The molecule has 56 valence electrons. The average molecular weight is 160 g/mol. The Balaban J connectivity index is 0.000000810. The van der Waals surface area contributed by atoms with Gasteiger partial charge in [-0.15, -0.1) is 12.4 Å². The molecule has 1 N–H and O–H groups in total. The summed E-state index contributed by atoms with van der Waals surface area (Å²) in [5.41, 5.74) is 1.84. The monoisotopic (exact) mass is 159 g/mol. The van der Waals surface area contributed by atoms with Crippen LogP contribution in [0.5, 0.6) is 0 Å². The Morgan fingerprint density at radius 1 is 1.50 bits per heavy atom. The van der Waals surface area contributed by atoms with E-state index in [4.69, 9.17) is 5.11 Å². The van der Waals surface area contributed by atoms with Crippen molar-refractivity contribution in [1.29, 1.82) is 0 Å².